The van der Waals surface area contributed by atoms with Crippen LogP contribution in [0.5, 0.6) is 11.5 Å². The van der Waals surface area contributed by atoms with Crippen LogP contribution in [0.2, 0.25) is 0 Å². The van der Waals surface area contributed by atoms with Gasteiger partial charge in [-0.3, -0.25) is 9.78 Å². The molecule has 0 saturated carbocycles. The molecule has 1 amide bonds. The van der Waals surface area contributed by atoms with Crippen molar-refractivity contribution in [3.63, 3.8) is 0 Å². The van der Waals surface area contributed by atoms with E-state index in [1.54, 1.807) is 20.4 Å². The SMILES string of the molecule is COc1ccc(CCC(=O)Nc2cnc3cc(OC)ccc3c2)cc1. The molecule has 0 fully saturated rings. The molecule has 0 spiro atoms. The first-order valence-corrected chi connectivity index (χ1v) is 8.04. The van der Waals surface area contributed by atoms with Crippen molar-refractivity contribution in [3.05, 3.63) is 60.3 Å². The molecule has 5 heteroatoms. The molecule has 128 valence electrons. The minimum Gasteiger partial charge on any atom is -0.497 e. The van der Waals surface area contributed by atoms with Crippen LogP contribution in [0.3, 0.4) is 0 Å². The van der Waals surface area contributed by atoms with Crippen molar-refractivity contribution in [2.24, 2.45) is 0 Å². The molecule has 0 saturated heterocycles. The lowest BCUT2D eigenvalue weighted by molar-refractivity contribution is -0.116. The molecular weight excluding hydrogens is 316 g/mol. The minimum atomic E-state index is -0.0366. The first-order chi connectivity index (χ1) is 12.2. The van der Waals surface area contributed by atoms with Gasteiger partial charge in [0.2, 0.25) is 5.91 Å². The highest BCUT2D eigenvalue weighted by atomic mass is 16.5. The smallest absolute Gasteiger partial charge is 0.224 e. The molecule has 3 rings (SSSR count). The Bertz CT molecular complexity index is 876. The van der Waals surface area contributed by atoms with Gasteiger partial charge >= 0.3 is 0 Å². The third-order valence-corrected chi connectivity index (χ3v) is 3.97. The number of pyridine rings is 1. The number of nitrogens with zero attached hydrogens (tertiary/aromatic N) is 1. The molecule has 1 aromatic heterocycles. The number of carbonyl (C=O) groups excluding carboxylic acids is 1. The van der Waals surface area contributed by atoms with Gasteiger partial charge in [-0.2, -0.15) is 0 Å². The number of hydrogen-bond acceptors (Lipinski definition) is 4. The molecule has 0 unspecified atom stereocenters. The van der Waals surface area contributed by atoms with E-state index in [4.69, 9.17) is 9.47 Å². The zero-order chi connectivity index (χ0) is 17.6. The molecule has 0 aliphatic carbocycles. The molecule has 3 aromatic rings. The van der Waals surface area contributed by atoms with E-state index in [0.29, 0.717) is 18.5 Å². The number of fused-ring (bicyclic) bond motifs is 1. The van der Waals surface area contributed by atoms with Gasteiger partial charge in [-0.15, -0.1) is 0 Å². The lowest BCUT2D eigenvalue weighted by Gasteiger charge is -2.07. The summed E-state index contributed by atoms with van der Waals surface area (Å²) in [4.78, 5) is 16.5. The highest BCUT2D eigenvalue weighted by Gasteiger charge is 2.06. The van der Waals surface area contributed by atoms with Crippen molar-refractivity contribution in [2.75, 3.05) is 19.5 Å². The van der Waals surface area contributed by atoms with Crippen LogP contribution in [0.15, 0.2) is 54.7 Å². The Kier molecular flexibility index (Phi) is 5.14. The first kappa shape index (κ1) is 16.8. The molecule has 0 radical (unpaired) electrons. The highest BCUT2D eigenvalue weighted by molar-refractivity contribution is 5.93. The van der Waals surface area contributed by atoms with Gasteiger partial charge in [-0.25, -0.2) is 0 Å². The van der Waals surface area contributed by atoms with Crippen molar-refractivity contribution in [1.29, 1.82) is 0 Å². The summed E-state index contributed by atoms with van der Waals surface area (Å²) in [6, 6.07) is 15.3. The van der Waals surface area contributed by atoms with Crippen molar-refractivity contribution < 1.29 is 14.3 Å². The van der Waals surface area contributed by atoms with E-state index >= 15 is 0 Å². The standard InChI is InChI=1S/C20H20N2O3/c1-24-17-7-3-14(4-8-17)5-10-20(23)22-16-11-15-6-9-18(25-2)12-19(15)21-13-16/h3-4,6-9,11-13H,5,10H2,1-2H3,(H,22,23). The average Bonchev–Trinajstić information content (AvgIpc) is 2.66. The van der Waals surface area contributed by atoms with Gasteiger partial charge in [0.05, 0.1) is 31.6 Å². The second kappa shape index (κ2) is 7.66. The number of hydrogen-bond donors (Lipinski definition) is 1. The summed E-state index contributed by atoms with van der Waals surface area (Å²) in [5, 5.41) is 3.85. The summed E-state index contributed by atoms with van der Waals surface area (Å²) in [5.41, 5.74) is 2.62. The van der Waals surface area contributed by atoms with Gasteiger partial charge in [0.1, 0.15) is 11.5 Å². The van der Waals surface area contributed by atoms with Crippen LogP contribution in [0.25, 0.3) is 10.9 Å². The van der Waals surface area contributed by atoms with Gasteiger partial charge in [-0.1, -0.05) is 12.1 Å². The number of aromatic nitrogens is 1. The number of nitrogens with one attached hydrogen (secondary N) is 1. The lowest BCUT2D eigenvalue weighted by atomic mass is 10.1. The number of carbonyl (C=O) groups is 1. The summed E-state index contributed by atoms with van der Waals surface area (Å²) < 4.78 is 10.3. The lowest BCUT2D eigenvalue weighted by Crippen LogP contribution is -2.12. The third kappa shape index (κ3) is 4.26. The van der Waals surface area contributed by atoms with E-state index in [9.17, 15) is 4.79 Å². The van der Waals surface area contributed by atoms with E-state index in [1.165, 1.54) is 0 Å². The zero-order valence-electron chi connectivity index (χ0n) is 14.3. The number of aryl methyl sites for hydroxylation is 1. The molecule has 0 aliphatic rings. The van der Waals surface area contributed by atoms with Gasteiger partial charge < -0.3 is 14.8 Å². The van der Waals surface area contributed by atoms with Gasteiger partial charge in [-0.05, 0) is 42.3 Å². The summed E-state index contributed by atoms with van der Waals surface area (Å²) in [7, 11) is 3.26. The molecule has 2 aromatic carbocycles. The van der Waals surface area contributed by atoms with E-state index in [2.05, 4.69) is 10.3 Å². The number of amides is 1. The van der Waals surface area contributed by atoms with E-state index in [1.807, 2.05) is 48.5 Å². The summed E-state index contributed by atoms with van der Waals surface area (Å²) in [6.45, 7) is 0. The van der Waals surface area contributed by atoms with Gasteiger partial charge in [0.15, 0.2) is 0 Å². The first-order valence-electron chi connectivity index (χ1n) is 8.04. The van der Waals surface area contributed by atoms with Gasteiger partial charge in [0.25, 0.3) is 0 Å². The largest absolute Gasteiger partial charge is 0.497 e. The van der Waals surface area contributed by atoms with Crippen LogP contribution in [0.1, 0.15) is 12.0 Å². The summed E-state index contributed by atoms with van der Waals surface area (Å²) >= 11 is 0. The topological polar surface area (TPSA) is 60.5 Å². The number of anilines is 1. The molecule has 0 atom stereocenters. The van der Waals surface area contributed by atoms with E-state index < -0.39 is 0 Å². The zero-order valence-corrected chi connectivity index (χ0v) is 14.3. The summed E-state index contributed by atoms with van der Waals surface area (Å²) in [6.07, 6.45) is 2.74. The van der Waals surface area contributed by atoms with Crippen LogP contribution >= 0.6 is 0 Å². The van der Waals surface area contributed by atoms with Crippen molar-refractivity contribution in [3.8, 4) is 11.5 Å². The van der Waals surface area contributed by atoms with E-state index in [0.717, 1.165) is 28.0 Å². The number of ether oxygens (including phenoxy) is 2. The molecule has 0 aliphatic heterocycles. The van der Waals surface area contributed by atoms with Crippen molar-refractivity contribution in [1.82, 2.24) is 4.98 Å². The minimum absolute atomic E-state index is 0.0366. The van der Waals surface area contributed by atoms with Crippen LogP contribution in [-0.4, -0.2) is 25.1 Å². The molecule has 25 heavy (non-hydrogen) atoms. The quantitative estimate of drug-likeness (QED) is 0.743. The van der Waals surface area contributed by atoms with Crippen molar-refractivity contribution >= 4 is 22.5 Å². The maximum absolute atomic E-state index is 12.2. The number of rotatable bonds is 6. The Morgan fingerprint density at radius 3 is 2.44 bits per heavy atom. The third-order valence-electron chi connectivity index (χ3n) is 3.97. The molecular formula is C20H20N2O3. The predicted octanol–water partition coefficient (Wildman–Crippen LogP) is 3.82. The fourth-order valence-corrected chi connectivity index (χ4v) is 2.57. The maximum atomic E-state index is 12.2. The molecule has 5 nitrogen and oxygen atoms in total. The van der Waals surface area contributed by atoms with Crippen LogP contribution < -0.4 is 14.8 Å². The van der Waals surface area contributed by atoms with Gasteiger partial charge in [0, 0.05) is 17.9 Å². The monoisotopic (exact) mass is 336 g/mol. The highest BCUT2D eigenvalue weighted by Crippen LogP contribution is 2.21. The summed E-state index contributed by atoms with van der Waals surface area (Å²) in [5.74, 6) is 1.54. The van der Waals surface area contributed by atoms with E-state index in [-0.39, 0.29) is 5.91 Å². The van der Waals surface area contributed by atoms with Crippen LogP contribution in [0.4, 0.5) is 5.69 Å². The second-order valence-corrected chi connectivity index (χ2v) is 5.68. The average molecular weight is 336 g/mol. The Hall–Kier alpha value is -3.08. The number of methoxy groups -OCH3 is 2. The Labute approximate surface area is 146 Å². The molecule has 1 heterocycles. The predicted molar refractivity (Wildman–Crippen MR) is 98.2 cm³/mol. The van der Waals surface area contributed by atoms with Crippen LogP contribution in [0, 0.1) is 0 Å². The normalized spacial score (nSPS) is 10.5. The molecule has 1 N–H and O–H groups in total. The van der Waals surface area contributed by atoms with Crippen LogP contribution in [-0.2, 0) is 11.2 Å². The second-order valence-electron chi connectivity index (χ2n) is 5.68. The fraction of sp³-hybridized carbons (Fsp3) is 0.200. The molecule has 0 bridgehead atoms. The Balaban J connectivity index is 1.61. The number of benzene rings is 2. The Morgan fingerprint density at radius 1 is 1.00 bits per heavy atom. The fourth-order valence-electron chi connectivity index (χ4n) is 2.57. The van der Waals surface area contributed by atoms with Crippen molar-refractivity contribution in [2.45, 2.75) is 12.8 Å². The Morgan fingerprint density at radius 2 is 1.72 bits per heavy atom. The maximum Gasteiger partial charge on any atom is 0.224 e.